The monoisotopic (exact) mass is 327 g/mol. The average molecular weight is 328 g/mol. The molecule has 1 saturated heterocycles. The zero-order chi connectivity index (χ0) is 15.4. The standard InChI is InChI=1S/C14H14ClNO4S/c1-20-11-4-2-9(3-5-11)6-12-13(18)16(14(19)21-12)8-10(17)7-15/h2-6,10,17H,7-8H2,1H3/b12-6+/t10-/m1/s1. The molecule has 1 aliphatic heterocycles. The van der Waals surface area contributed by atoms with E-state index in [0.29, 0.717) is 10.7 Å². The fourth-order valence-electron chi connectivity index (χ4n) is 1.77. The molecular formula is C14H14ClNO4S. The minimum absolute atomic E-state index is 0.0285. The van der Waals surface area contributed by atoms with Gasteiger partial charge in [0.05, 0.1) is 30.5 Å². The third kappa shape index (κ3) is 3.78. The van der Waals surface area contributed by atoms with Crippen molar-refractivity contribution in [2.45, 2.75) is 6.10 Å². The van der Waals surface area contributed by atoms with Crippen LogP contribution in [0.2, 0.25) is 0 Å². The van der Waals surface area contributed by atoms with E-state index >= 15 is 0 Å². The molecule has 2 rings (SSSR count). The Kier molecular flexibility index (Phi) is 5.27. The van der Waals surface area contributed by atoms with E-state index in [1.807, 2.05) is 0 Å². The van der Waals surface area contributed by atoms with Gasteiger partial charge in [-0.2, -0.15) is 0 Å². The van der Waals surface area contributed by atoms with Gasteiger partial charge in [0.25, 0.3) is 11.1 Å². The summed E-state index contributed by atoms with van der Waals surface area (Å²) in [7, 11) is 1.57. The third-order valence-electron chi connectivity index (χ3n) is 2.86. The van der Waals surface area contributed by atoms with Gasteiger partial charge in [0.1, 0.15) is 5.75 Å². The number of benzene rings is 1. The molecular weight excluding hydrogens is 314 g/mol. The van der Waals surface area contributed by atoms with Crippen molar-refractivity contribution in [3.8, 4) is 5.75 Å². The number of hydrogen-bond acceptors (Lipinski definition) is 5. The lowest BCUT2D eigenvalue weighted by Gasteiger charge is -2.15. The van der Waals surface area contributed by atoms with Crippen molar-refractivity contribution in [1.82, 2.24) is 4.90 Å². The van der Waals surface area contributed by atoms with Crippen molar-refractivity contribution in [3.05, 3.63) is 34.7 Å². The Hall–Kier alpha value is -1.50. The van der Waals surface area contributed by atoms with Crippen LogP contribution in [-0.4, -0.2) is 46.8 Å². The summed E-state index contributed by atoms with van der Waals surface area (Å²) in [5.41, 5.74) is 0.791. The summed E-state index contributed by atoms with van der Waals surface area (Å²) in [6.45, 7) is -0.0892. The molecule has 112 valence electrons. The molecule has 0 aromatic heterocycles. The number of amides is 2. The highest BCUT2D eigenvalue weighted by atomic mass is 35.5. The normalized spacial score (nSPS) is 18.4. The van der Waals surface area contributed by atoms with Gasteiger partial charge in [-0.05, 0) is 35.5 Å². The van der Waals surface area contributed by atoms with Gasteiger partial charge in [-0.15, -0.1) is 11.6 Å². The largest absolute Gasteiger partial charge is 0.497 e. The average Bonchev–Trinajstić information content (AvgIpc) is 2.75. The molecule has 1 heterocycles. The first-order valence-electron chi connectivity index (χ1n) is 6.18. The van der Waals surface area contributed by atoms with E-state index in [1.54, 1.807) is 37.5 Å². The number of methoxy groups -OCH3 is 1. The van der Waals surface area contributed by atoms with Crippen LogP contribution in [0.3, 0.4) is 0 Å². The summed E-state index contributed by atoms with van der Waals surface area (Å²) in [5.74, 6) is 0.273. The Bertz CT molecular complexity index is 573. The van der Waals surface area contributed by atoms with E-state index in [9.17, 15) is 14.7 Å². The highest BCUT2D eigenvalue weighted by Gasteiger charge is 2.35. The van der Waals surface area contributed by atoms with Crippen LogP contribution < -0.4 is 4.74 Å². The lowest BCUT2D eigenvalue weighted by atomic mass is 10.2. The topological polar surface area (TPSA) is 66.8 Å². The van der Waals surface area contributed by atoms with E-state index in [4.69, 9.17) is 16.3 Å². The highest BCUT2D eigenvalue weighted by Crippen LogP contribution is 2.32. The van der Waals surface area contributed by atoms with E-state index in [1.165, 1.54) is 0 Å². The van der Waals surface area contributed by atoms with Crippen LogP contribution in [0.15, 0.2) is 29.2 Å². The van der Waals surface area contributed by atoms with E-state index in [0.717, 1.165) is 22.2 Å². The number of ether oxygens (including phenoxy) is 1. The molecule has 0 unspecified atom stereocenters. The van der Waals surface area contributed by atoms with E-state index < -0.39 is 17.3 Å². The van der Waals surface area contributed by atoms with Crippen LogP contribution in [-0.2, 0) is 4.79 Å². The lowest BCUT2D eigenvalue weighted by Crippen LogP contribution is -2.36. The van der Waals surface area contributed by atoms with Crippen LogP contribution in [0.5, 0.6) is 5.75 Å². The summed E-state index contributed by atoms with van der Waals surface area (Å²) in [5, 5.41) is 9.07. The second-order valence-corrected chi connectivity index (χ2v) is 5.68. The molecule has 1 fully saturated rings. The highest BCUT2D eigenvalue weighted by molar-refractivity contribution is 8.18. The van der Waals surface area contributed by atoms with E-state index in [-0.39, 0.29) is 12.4 Å². The Balaban J connectivity index is 2.15. The molecule has 2 amide bonds. The number of imide groups is 1. The second kappa shape index (κ2) is 6.98. The first kappa shape index (κ1) is 15.9. The minimum atomic E-state index is -0.916. The van der Waals surface area contributed by atoms with E-state index in [2.05, 4.69) is 0 Å². The van der Waals surface area contributed by atoms with Crippen molar-refractivity contribution in [2.24, 2.45) is 0 Å². The van der Waals surface area contributed by atoms with Gasteiger partial charge >= 0.3 is 0 Å². The summed E-state index contributed by atoms with van der Waals surface area (Å²) in [4.78, 5) is 25.3. The number of halogens is 1. The number of thioether (sulfide) groups is 1. The van der Waals surface area contributed by atoms with Gasteiger partial charge in [-0.3, -0.25) is 14.5 Å². The number of rotatable bonds is 5. The number of carbonyl (C=O) groups is 2. The molecule has 0 spiro atoms. The number of aliphatic hydroxyl groups is 1. The summed E-state index contributed by atoms with van der Waals surface area (Å²) >= 11 is 6.34. The van der Waals surface area contributed by atoms with Gasteiger partial charge in [0.2, 0.25) is 0 Å². The van der Waals surface area contributed by atoms with Crippen molar-refractivity contribution >= 4 is 40.6 Å². The zero-order valence-electron chi connectivity index (χ0n) is 11.3. The molecule has 0 bridgehead atoms. The lowest BCUT2D eigenvalue weighted by molar-refractivity contribution is -0.123. The number of hydrogen-bond donors (Lipinski definition) is 1. The molecule has 1 aliphatic rings. The molecule has 21 heavy (non-hydrogen) atoms. The Labute approximate surface area is 131 Å². The Morgan fingerprint density at radius 3 is 2.62 bits per heavy atom. The first-order valence-corrected chi connectivity index (χ1v) is 7.53. The van der Waals surface area contributed by atoms with Crippen LogP contribution in [0.1, 0.15) is 5.56 Å². The predicted molar refractivity (Wildman–Crippen MR) is 82.4 cm³/mol. The first-order chi connectivity index (χ1) is 10.0. The quantitative estimate of drug-likeness (QED) is 0.664. The fourth-order valence-corrected chi connectivity index (χ4v) is 2.71. The van der Waals surface area contributed by atoms with Gasteiger partial charge in [0, 0.05) is 0 Å². The molecule has 1 N–H and O–H groups in total. The Morgan fingerprint density at radius 2 is 2.05 bits per heavy atom. The molecule has 1 aromatic rings. The molecule has 5 nitrogen and oxygen atoms in total. The number of aliphatic hydroxyl groups excluding tert-OH is 1. The van der Waals surface area contributed by atoms with Crippen molar-refractivity contribution < 1.29 is 19.4 Å². The van der Waals surface area contributed by atoms with Crippen LogP contribution in [0.25, 0.3) is 6.08 Å². The molecule has 7 heteroatoms. The number of β-amino-alcohol motifs (C(OH)–C–C–N with tert-alkyl or cyclic N) is 1. The van der Waals surface area contributed by atoms with Gasteiger partial charge in [0.15, 0.2) is 0 Å². The minimum Gasteiger partial charge on any atom is -0.497 e. The molecule has 0 radical (unpaired) electrons. The van der Waals surface area contributed by atoms with Crippen molar-refractivity contribution in [2.75, 3.05) is 19.5 Å². The maximum Gasteiger partial charge on any atom is 0.293 e. The summed E-state index contributed by atoms with van der Waals surface area (Å²) in [6, 6.07) is 7.13. The summed E-state index contributed by atoms with van der Waals surface area (Å²) in [6.07, 6.45) is 0.720. The number of carbonyl (C=O) groups excluding carboxylic acids is 2. The fraction of sp³-hybridized carbons (Fsp3) is 0.286. The van der Waals surface area contributed by atoms with Gasteiger partial charge < -0.3 is 9.84 Å². The van der Waals surface area contributed by atoms with Crippen molar-refractivity contribution in [1.29, 1.82) is 0 Å². The van der Waals surface area contributed by atoms with Crippen LogP contribution in [0.4, 0.5) is 4.79 Å². The molecule has 1 atom stereocenters. The zero-order valence-corrected chi connectivity index (χ0v) is 12.9. The van der Waals surface area contributed by atoms with Crippen molar-refractivity contribution in [3.63, 3.8) is 0 Å². The maximum absolute atomic E-state index is 12.1. The second-order valence-electron chi connectivity index (χ2n) is 4.37. The molecule has 0 aliphatic carbocycles. The number of nitrogens with zero attached hydrogens (tertiary/aromatic N) is 1. The van der Waals surface area contributed by atoms with Gasteiger partial charge in [-0.1, -0.05) is 12.1 Å². The van der Waals surface area contributed by atoms with Gasteiger partial charge in [-0.25, -0.2) is 0 Å². The summed E-state index contributed by atoms with van der Waals surface area (Å²) < 4.78 is 5.06. The maximum atomic E-state index is 12.1. The molecule has 0 saturated carbocycles. The Morgan fingerprint density at radius 1 is 1.38 bits per heavy atom. The van der Waals surface area contributed by atoms with Crippen LogP contribution in [0, 0.1) is 0 Å². The number of alkyl halides is 1. The third-order valence-corrected chi connectivity index (χ3v) is 4.12. The predicted octanol–water partition coefficient (Wildman–Crippen LogP) is 2.33. The van der Waals surface area contributed by atoms with Crippen LogP contribution >= 0.6 is 23.4 Å². The SMILES string of the molecule is COc1ccc(/C=C2/SC(=O)N(C[C@H](O)CCl)C2=O)cc1. The smallest absolute Gasteiger partial charge is 0.293 e. The molecule has 1 aromatic carbocycles.